The van der Waals surface area contributed by atoms with Gasteiger partial charge in [-0.3, -0.25) is 19.5 Å². The fourth-order valence-electron chi connectivity index (χ4n) is 4.18. The largest absolute Gasteiger partial charge is 0.478 e. The maximum atomic E-state index is 13.4. The molecule has 182 valence electrons. The zero-order valence-electron chi connectivity index (χ0n) is 20.3. The van der Waals surface area contributed by atoms with Gasteiger partial charge in [-0.25, -0.2) is 4.98 Å². The van der Waals surface area contributed by atoms with E-state index >= 15 is 0 Å². The second-order valence-corrected chi connectivity index (χ2v) is 9.50. The number of nitrogens with zero attached hydrogens (tertiary/aromatic N) is 3. The molecule has 0 aliphatic carbocycles. The first kappa shape index (κ1) is 23.7. The number of aromatic nitrogens is 2. The van der Waals surface area contributed by atoms with E-state index in [0.29, 0.717) is 17.9 Å². The minimum atomic E-state index is -0.747. The maximum absolute atomic E-state index is 13.4. The van der Waals surface area contributed by atoms with Crippen molar-refractivity contribution in [3.8, 4) is 27.7 Å². The molecule has 0 bridgehead atoms. The van der Waals surface area contributed by atoms with E-state index in [2.05, 4.69) is 10.3 Å². The Hall–Kier alpha value is -4.04. The number of carbonyl (C=O) groups excluding carboxylic acids is 2. The van der Waals surface area contributed by atoms with E-state index in [1.54, 1.807) is 18.0 Å². The van der Waals surface area contributed by atoms with Crippen LogP contribution in [0.2, 0.25) is 0 Å². The summed E-state index contributed by atoms with van der Waals surface area (Å²) in [4.78, 5) is 37.4. The lowest BCUT2D eigenvalue weighted by atomic mass is 10.0. The van der Waals surface area contributed by atoms with Crippen LogP contribution >= 0.6 is 11.3 Å². The fourth-order valence-corrected chi connectivity index (χ4v) is 4.98. The zero-order valence-corrected chi connectivity index (χ0v) is 21.1. The lowest BCUT2D eigenvalue weighted by Crippen LogP contribution is -2.53. The van der Waals surface area contributed by atoms with Crippen molar-refractivity contribution in [1.82, 2.24) is 9.97 Å². The van der Waals surface area contributed by atoms with Gasteiger partial charge in [-0.05, 0) is 62.2 Å². The average Bonchev–Trinajstić information content (AvgIpc) is 3.40. The number of hydrogen-bond acceptors (Lipinski definition) is 6. The molecule has 2 aromatic carbocycles. The molecule has 0 saturated heterocycles. The zero-order chi connectivity index (χ0) is 25.2. The van der Waals surface area contributed by atoms with Crippen LogP contribution in [0.5, 0.6) is 5.75 Å². The van der Waals surface area contributed by atoms with E-state index in [1.807, 2.05) is 79.9 Å². The van der Waals surface area contributed by atoms with Crippen LogP contribution in [0.3, 0.4) is 0 Å². The van der Waals surface area contributed by atoms with Gasteiger partial charge >= 0.3 is 0 Å². The fraction of sp³-hybridized carbons (Fsp3) is 0.214. The number of rotatable bonds is 6. The number of para-hydroxylation sites is 1. The molecule has 0 saturated carbocycles. The van der Waals surface area contributed by atoms with Crippen molar-refractivity contribution in [2.24, 2.45) is 0 Å². The maximum Gasteiger partial charge on any atom is 0.268 e. The number of hydrogen-bond donors (Lipinski definition) is 1. The number of fused-ring (bicyclic) bond motifs is 1. The minimum absolute atomic E-state index is 0.234. The number of benzene rings is 2. The molecule has 2 unspecified atom stereocenters. The van der Waals surface area contributed by atoms with Gasteiger partial charge in [-0.1, -0.05) is 31.2 Å². The van der Waals surface area contributed by atoms with Crippen LogP contribution in [0, 0.1) is 6.92 Å². The molecule has 3 heterocycles. The quantitative estimate of drug-likeness (QED) is 0.368. The number of aryl methyl sites for hydroxylation is 1. The molecule has 0 fully saturated rings. The summed E-state index contributed by atoms with van der Waals surface area (Å²) in [5, 5.41) is 5.74. The molecule has 1 aliphatic heterocycles. The van der Waals surface area contributed by atoms with E-state index in [-0.39, 0.29) is 11.8 Å². The lowest BCUT2D eigenvalue weighted by molar-refractivity contribution is -0.129. The van der Waals surface area contributed by atoms with Crippen molar-refractivity contribution >= 4 is 34.5 Å². The van der Waals surface area contributed by atoms with Crippen LogP contribution in [0.1, 0.15) is 25.8 Å². The predicted molar refractivity (Wildman–Crippen MR) is 142 cm³/mol. The van der Waals surface area contributed by atoms with Crippen molar-refractivity contribution in [3.05, 3.63) is 77.8 Å². The highest BCUT2D eigenvalue weighted by Gasteiger charge is 2.38. The number of pyridine rings is 1. The van der Waals surface area contributed by atoms with Gasteiger partial charge in [0.25, 0.3) is 5.91 Å². The van der Waals surface area contributed by atoms with E-state index < -0.39 is 12.1 Å². The van der Waals surface area contributed by atoms with E-state index in [9.17, 15) is 9.59 Å². The molecule has 36 heavy (non-hydrogen) atoms. The molecule has 1 N–H and O–H groups in total. The number of anilines is 2. The number of amides is 2. The van der Waals surface area contributed by atoms with Crippen LogP contribution in [0.15, 0.2) is 72.2 Å². The molecule has 1 aliphatic rings. The summed E-state index contributed by atoms with van der Waals surface area (Å²) >= 11 is 1.50. The SMILES string of the molecule is CCC1Oc2ccc(-c3csc(-c4ccccn4)n3)cc2N(C(C)C(=O)Nc2ccccc2C)C1=O. The molecule has 2 amide bonds. The Morgan fingerprint density at radius 2 is 1.94 bits per heavy atom. The molecule has 8 heteroatoms. The first-order valence-corrected chi connectivity index (χ1v) is 12.7. The van der Waals surface area contributed by atoms with Gasteiger partial charge in [-0.15, -0.1) is 11.3 Å². The molecule has 7 nitrogen and oxygen atoms in total. The number of thiazole rings is 1. The van der Waals surface area contributed by atoms with Crippen molar-refractivity contribution in [3.63, 3.8) is 0 Å². The number of carbonyl (C=O) groups is 2. The van der Waals surface area contributed by atoms with Gasteiger partial charge in [-0.2, -0.15) is 0 Å². The van der Waals surface area contributed by atoms with Crippen LogP contribution in [-0.4, -0.2) is 33.9 Å². The summed E-state index contributed by atoms with van der Waals surface area (Å²) in [5.41, 5.74) is 4.63. The summed E-state index contributed by atoms with van der Waals surface area (Å²) in [6.07, 6.45) is 1.60. The van der Waals surface area contributed by atoms with Crippen LogP contribution in [-0.2, 0) is 9.59 Å². The van der Waals surface area contributed by atoms with Gasteiger partial charge in [0.1, 0.15) is 16.8 Å². The predicted octanol–water partition coefficient (Wildman–Crippen LogP) is 5.71. The third-order valence-corrected chi connectivity index (χ3v) is 7.09. The van der Waals surface area contributed by atoms with Gasteiger partial charge in [0, 0.05) is 22.8 Å². The lowest BCUT2D eigenvalue weighted by Gasteiger charge is -2.37. The van der Waals surface area contributed by atoms with Gasteiger partial charge in [0.05, 0.1) is 17.1 Å². The van der Waals surface area contributed by atoms with Crippen molar-refractivity contribution in [2.75, 3.05) is 10.2 Å². The van der Waals surface area contributed by atoms with E-state index in [1.165, 1.54) is 11.3 Å². The topological polar surface area (TPSA) is 84.4 Å². The monoisotopic (exact) mass is 498 g/mol. The van der Waals surface area contributed by atoms with Crippen LogP contribution in [0.4, 0.5) is 11.4 Å². The Morgan fingerprint density at radius 3 is 2.69 bits per heavy atom. The highest BCUT2D eigenvalue weighted by Crippen LogP contribution is 2.40. The summed E-state index contributed by atoms with van der Waals surface area (Å²) in [5.74, 6) is 0.0693. The highest BCUT2D eigenvalue weighted by molar-refractivity contribution is 7.13. The Labute approximate surface area is 213 Å². The molecule has 2 atom stereocenters. The molecular formula is C28H26N4O3S. The van der Waals surface area contributed by atoms with E-state index in [0.717, 1.165) is 33.2 Å². The molecule has 4 aromatic rings. The molecule has 0 spiro atoms. The number of nitrogens with one attached hydrogen (secondary N) is 1. The smallest absolute Gasteiger partial charge is 0.268 e. The second-order valence-electron chi connectivity index (χ2n) is 8.64. The normalized spacial score (nSPS) is 15.7. The Morgan fingerprint density at radius 1 is 1.14 bits per heavy atom. The number of ether oxygens (including phenoxy) is 1. The summed E-state index contributed by atoms with van der Waals surface area (Å²) in [7, 11) is 0. The summed E-state index contributed by atoms with van der Waals surface area (Å²) in [6, 6.07) is 18.2. The Balaban J connectivity index is 1.49. The molecular weight excluding hydrogens is 472 g/mol. The van der Waals surface area contributed by atoms with Gasteiger partial charge in [0.15, 0.2) is 6.10 Å². The van der Waals surface area contributed by atoms with Crippen molar-refractivity contribution in [2.45, 2.75) is 39.3 Å². The van der Waals surface area contributed by atoms with Gasteiger partial charge < -0.3 is 10.1 Å². The highest BCUT2D eigenvalue weighted by atomic mass is 32.1. The minimum Gasteiger partial charge on any atom is -0.478 e. The van der Waals surface area contributed by atoms with Gasteiger partial charge in [0.2, 0.25) is 5.91 Å². The van der Waals surface area contributed by atoms with Crippen LogP contribution in [0.25, 0.3) is 22.0 Å². The first-order valence-electron chi connectivity index (χ1n) is 11.8. The van der Waals surface area contributed by atoms with Crippen molar-refractivity contribution in [1.29, 1.82) is 0 Å². The van der Waals surface area contributed by atoms with E-state index in [4.69, 9.17) is 9.72 Å². The Kier molecular flexibility index (Phi) is 6.52. The second kappa shape index (κ2) is 9.91. The summed E-state index contributed by atoms with van der Waals surface area (Å²) in [6.45, 7) is 5.57. The van der Waals surface area contributed by atoms with Crippen molar-refractivity contribution < 1.29 is 14.3 Å². The first-order chi connectivity index (χ1) is 17.5. The standard InChI is InChI=1S/C28H26N4O3S/c1-4-24-28(34)32(18(3)26(33)30-20-10-6-5-9-17(20)2)23-15-19(12-13-25(23)35-24)22-16-36-27(31-22)21-11-7-8-14-29-21/h5-16,18,24H,4H2,1-3H3,(H,30,33). The van der Waals surface area contributed by atoms with Crippen LogP contribution < -0.4 is 15.0 Å². The molecule has 2 aromatic heterocycles. The summed E-state index contributed by atoms with van der Waals surface area (Å²) < 4.78 is 6.01. The third kappa shape index (κ3) is 4.47. The third-order valence-electron chi connectivity index (χ3n) is 6.23. The Bertz CT molecular complexity index is 1420. The molecule has 5 rings (SSSR count). The molecule has 0 radical (unpaired) electrons. The average molecular weight is 499 g/mol.